The van der Waals surface area contributed by atoms with Crippen molar-refractivity contribution in [3.05, 3.63) is 47.0 Å². The van der Waals surface area contributed by atoms with Gasteiger partial charge < -0.3 is 24.8 Å². The van der Waals surface area contributed by atoms with Gasteiger partial charge in [0.2, 0.25) is 6.79 Å². The Morgan fingerprint density at radius 3 is 2.88 bits per heavy atom. The maximum atomic E-state index is 11.8. The summed E-state index contributed by atoms with van der Waals surface area (Å²) in [4.78, 5) is 11.8. The molecule has 126 valence electrons. The molecule has 0 fully saturated rings. The lowest BCUT2D eigenvalue weighted by Crippen LogP contribution is -2.32. The highest BCUT2D eigenvalue weighted by atomic mass is 35.5. The SMILES string of the molecule is Cc1ccc(NC(=O)NCCOc2ccc3c(c2)OCO3)cc1Cl. The zero-order chi connectivity index (χ0) is 16.9. The summed E-state index contributed by atoms with van der Waals surface area (Å²) in [5.41, 5.74) is 1.60. The standard InChI is InChI=1S/C17H17ClN2O4/c1-11-2-3-12(8-14(11)18)20-17(21)19-6-7-22-13-4-5-15-16(9-13)24-10-23-15/h2-5,8-9H,6-7,10H2,1H3,(H2,19,20,21). The van der Waals surface area contributed by atoms with Crippen LogP contribution in [0.15, 0.2) is 36.4 Å². The minimum atomic E-state index is -0.316. The highest BCUT2D eigenvalue weighted by Crippen LogP contribution is 2.34. The zero-order valence-corrected chi connectivity index (χ0v) is 13.9. The van der Waals surface area contributed by atoms with Crippen molar-refractivity contribution in [2.24, 2.45) is 0 Å². The van der Waals surface area contributed by atoms with Crippen LogP contribution in [0.1, 0.15) is 5.56 Å². The van der Waals surface area contributed by atoms with Crippen LogP contribution in [-0.4, -0.2) is 26.0 Å². The molecular weight excluding hydrogens is 332 g/mol. The molecule has 2 aromatic carbocycles. The molecule has 2 amide bonds. The molecule has 3 rings (SSSR count). The maximum absolute atomic E-state index is 11.8. The number of nitrogens with one attached hydrogen (secondary N) is 2. The second-order valence-corrected chi connectivity index (χ2v) is 5.62. The van der Waals surface area contributed by atoms with Gasteiger partial charge in [0, 0.05) is 16.8 Å². The molecule has 2 N–H and O–H groups in total. The molecule has 0 radical (unpaired) electrons. The number of halogens is 1. The number of ether oxygens (including phenoxy) is 3. The van der Waals surface area contributed by atoms with Gasteiger partial charge in [-0.3, -0.25) is 0 Å². The molecule has 6 nitrogen and oxygen atoms in total. The molecule has 1 aliphatic rings. The molecule has 0 saturated heterocycles. The van der Waals surface area contributed by atoms with Crippen LogP contribution in [0.25, 0.3) is 0 Å². The Morgan fingerprint density at radius 2 is 2.04 bits per heavy atom. The topological polar surface area (TPSA) is 68.8 Å². The van der Waals surface area contributed by atoms with Crippen LogP contribution in [0.2, 0.25) is 5.02 Å². The summed E-state index contributed by atoms with van der Waals surface area (Å²) in [6, 6.07) is 10.4. The maximum Gasteiger partial charge on any atom is 0.319 e. The summed E-state index contributed by atoms with van der Waals surface area (Å²) in [6.07, 6.45) is 0. The fourth-order valence-corrected chi connectivity index (χ4v) is 2.33. The van der Waals surface area contributed by atoms with Gasteiger partial charge in [0.1, 0.15) is 12.4 Å². The summed E-state index contributed by atoms with van der Waals surface area (Å²) >= 11 is 6.02. The lowest BCUT2D eigenvalue weighted by Gasteiger charge is -2.10. The summed E-state index contributed by atoms with van der Waals surface area (Å²) in [7, 11) is 0. The molecule has 0 aromatic heterocycles. The van der Waals surface area contributed by atoms with Crippen molar-refractivity contribution in [2.75, 3.05) is 25.3 Å². The number of aryl methyl sites for hydroxylation is 1. The minimum Gasteiger partial charge on any atom is -0.492 e. The van der Waals surface area contributed by atoms with Gasteiger partial charge in [-0.15, -0.1) is 0 Å². The molecule has 0 bridgehead atoms. The molecular formula is C17H17ClN2O4. The van der Waals surface area contributed by atoms with Crippen LogP contribution in [0.5, 0.6) is 17.2 Å². The Balaban J connectivity index is 1.41. The first-order chi connectivity index (χ1) is 11.6. The average Bonchev–Trinajstić information content (AvgIpc) is 3.03. The average molecular weight is 349 g/mol. The monoisotopic (exact) mass is 348 g/mol. The number of benzene rings is 2. The predicted octanol–water partition coefficient (Wildman–Crippen LogP) is 3.58. The Kier molecular flexibility index (Phi) is 4.96. The van der Waals surface area contributed by atoms with E-state index < -0.39 is 0 Å². The zero-order valence-electron chi connectivity index (χ0n) is 13.1. The van der Waals surface area contributed by atoms with Gasteiger partial charge in [-0.1, -0.05) is 17.7 Å². The van der Waals surface area contributed by atoms with Gasteiger partial charge in [0.25, 0.3) is 0 Å². The van der Waals surface area contributed by atoms with E-state index >= 15 is 0 Å². The van der Waals surface area contributed by atoms with Crippen LogP contribution in [0.4, 0.5) is 10.5 Å². The third-order valence-electron chi connectivity index (χ3n) is 3.43. The van der Waals surface area contributed by atoms with E-state index in [9.17, 15) is 4.79 Å². The second-order valence-electron chi connectivity index (χ2n) is 5.21. The third-order valence-corrected chi connectivity index (χ3v) is 3.84. The van der Waals surface area contributed by atoms with E-state index in [0.717, 1.165) is 5.56 Å². The number of hydrogen-bond acceptors (Lipinski definition) is 4. The van der Waals surface area contributed by atoms with E-state index in [1.54, 1.807) is 30.3 Å². The quantitative estimate of drug-likeness (QED) is 0.810. The van der Waals surface area contributed by atoms with E-state index in [1.165, 1.54) is 0 Å². The molecule has 0 unspecified atom stereocenters. The molecule has 0 atom stereocenters. The Morgan fingerprint density at radius 1 is 1.21 bits per heavy atom. The first-order valence-electron chi connectivity index (χ1n) is 7.45. The number of rotatable bonds is 5. The number of amides is 2. The summed E-state index contributed by atoms with van der Waals surface area (Å²) in [5, 5.41) is 6.04. The molecule has 0 saturated carbocycles. The van der Waals surface area contributed by atoms with Crippen molar-refractivity contribution >= 4 is 23.3 Å². The molecule has 0 aliphatic carbocycles. The summed E-state index contributed by atoms with van der Waals surface area (Å²) < 4.78 is 16.1. The summed E-state index contributed by atoms with van der Waals surface area (Å²) in [6.45, 7) is 2.82. The van der Waals surface area contributed by atoms with Crippen molar-refractivity contribution in [2.45, 2.75) is 6.92 Å². The number of hydrogen-bond donors (Lipinski definition) is 2. The smallest absolute Gasteiger partial charge is 0.319 e. The molecule has 1 aliphatic heterocycles. The lowest BCUT2D eigenvalue weighted by atomic mass is 10.2. The summed E-state index contributed by atoms with van der Waals surface area (Å²) in [5.74, 6) is 2.03. The molecule has 7 heteroatoms. The number of carbonyl (C=O) groups excluding carboxylic acids is 1. The van der Waals surface area contributed by atoms with E-state index in [1.807, 2.05) is 13.0 Å². The Labute approximate surface area is 144 Å². The van der Waals surface area contributed by atoms with Crippen LogP contribution in [0, 0.1) is 6.92 Å². The van der Waals surface area contributed by atoms with Crippen molar-refractivity contribution in [3.8, 4) is 17.2 Å². The van der Waals surface area contributed by atoms with E-state index in [0.29, 0.717) is 41.1 Å². The Hall–Kier alpha value is -2.60. The minimum absolute atomic E-state index is 0.226. The van der Waals surface area contributed by atoms with Gasteiger partial charge in [0.05, 0.1) is 6.54 Å². The Bertz CT molecular complexity index is 751. The molecule has 1 heterocycles. The molecule has 24 heavy (non-hydrogen) atoms. The highest BCUT2D eigenvalue weighted by molar-refractivity contribution is 6.31. The predicted molar refractivity (Wildman–Crippen MR) is 91.3 cm³/mol. The number of fused-ring (bicyclic) bond motifs is 1. The largest absolute Gasteiger partial charge is 0.492 e. The molecule has 0 spiro atoms. The van der Waals surface area contributed by atoms with Crippen LogP contribution in [0.3, 0.4) is 0 Å². The van der Waals surface area contributed by atoms with Crippen molar-refractivity contribution in [1.82, 2.24) is 5.32 Å². The van der Waals surface area contributed by atoms with Crippen LogP contribution >= 0.6 is 11.6 Å². The number of carbonyl (C=O) groups is 1. The van der Waals surface area contributed by atoms with Crippen molar-refractivity contribution in [3.63, 3.8) is 0 Å². The highest BCUT2D eigenvalue weighted by Gasteiger charge is 2.13. The normalized spacial score (nSPS) is 11.9. The van der Waals surface area contributed by atoms with Gasteiger partial charge in [-0.2, -0.15) is 0 Å². The second kappa shape index (κ2) is 7.31. The molecule has 2 aromatic rings. The van der Waals surface area contributed by atoms with E-state index in [2.05, 4.69) is 10.6 Å². The van der Waals surface area contributed by atoms with Crippen LogP contribution < -0.4 is 24.8 Å². The number of anilines is 1. The van der Waals surface area contributed by atoms with Gasteiger partial charge >= 0.3 is 6.03 Å². The first kappa shape index (κ1) is 16.3. The van der Waals surface area contributed by atoms with Crippen molar-refractivity contribution < 1.29 is 19.0 Å². The number of urea groups is 1. The first-order valence-corrected chi connectivity index (χ1v) is 7.83. The van der Waals surface area contributed by atoms with Gasteiger partial charge in [-0.25, -0.2) is 4.79 Å². The van der Waals surface area contributed by atoms with E-state index in [4.69, 9.17) is 25.8 Å². The third kappa shape index (κ3) is 4.02. The fraction of sp³-hybridized carbons (Fsp3) is 0.235. The van der Waals surface area contributed by atoms with Crippen LogP contribution in [-0.2, 0) is 0 Å². The fourth-order valence-electron chi connectivity index (χ4n) is 2.15. The van der Waals surface area contributed by atoms with E-state index in [-0.39, 0.29) is 12.8 Å². The lowest BCUT2D eigenvalue weighted by molar-refractivity contribution is 0.173. The van der Waals surface area contributed by atoms with Crippen molar-refractivity contribution in [1.29, 1.82) is 0 Å². The van der Waals surface area contributed by atoms with Gasteiger partial charge in [0.15, 0.2) is 11.5 Å². The van der Waals surface area contributed by atoms with Gasteiger partial charge in [-0.05, 0) is 36.8 Å².